The molecule has 1 saturated heterocycles. The van der Waals surface area contributed by atoms with Gasteiger partial charge in [-0.15, -0.1) is 0 Å². The van der Waals surface area contributed by atoms with Crippen molar-refractivity contribution in [2.75, 3.05) is 0 Å². The first kappa shape index (κ1) is 21.5. The summed E-state index contributed by atoms with van der Waals surface area (Å²) in [7, 11) is -10.9. The topological polar surface area (TPSA) is 124 Å². The molecule has 1 heterocycles. The molecule has 0 aromatic rings. The minimum atomic E-state index is -5.05. The molecule has 21 heavy (non-hydrogen) atoms. The normalized spacial score (nSPS) is 22.3. The molecule has 1 aliphatic rings. The van der Waals surface area contributed by atoms with E-state index in [-0.39, 0.29) is 0 Å². The second kappa shape index (κ2) is 8.94. The minimum absolute atomic E-state index is 0.760. The Balaban J connectivity index is 0.000000400. The SMILES string of the molecule is CCC1CCCC[Si]1(CC)CC.O=P(O)(O)OP(=O)(O)O. The summed E-state index contributed by atoms with van der Waals surface area (Å²) in [6.07, 6.45) is 6.09. The van der Waals surface area contributed by atoms with Crippen molar-refractivity contribution in [1.82, 2.24) is 0 Å². The fraction of sp³-hybridized carbons (Fsp3) is 1.00. The molecule has 0 bridgehead atoms. The fourth-order valence-corrected chi connectivity index (χ4v) is 9.85. The van der Waals surface area contributed by atoms with Crippen LogP contribution in [0.5, 0.6) is 0 Å². The largest absolute Gasteiger partial charge is 0.478 e. The lowest BCUT2D eigenvalue weighted by Crippen LogP contribution is -2.40. The molecule has 0 amide bonds. The predicted octanol–water partition coefficient (Wildman–Crippen LogP) is 3.63. The van der Waals surface area contributed by atoms with Gasteiger partial charge in [-0.1, -0.05) is 64.6 Å². The van der Waals surface area contributed by atoms with Crippen LogP contribution in [0.1, 0.15) is 46.5 Å². The summed E-state index contributed by atoms with van der Waals surface area (Å²) in [4.78, 5) is 31.0. The van der Waals surface area contributed by atoms with Crippen LogP contribution in [0.4, 0.5) is 0 Å². The molecule has 1 unspecified atom stereocenters. The third-order valence-electron chi connectivity index (χ3n) is 4.46. The Bertz CT molecular complexity index is 368. The average molecular weight is 362 g/mol. The molecule has 0 saturated carbocycles. The van der Waals surface area contributed by atoms with Crippen molar-refractivity contribution in [3.8, 4) is 0 Å². The van der Waals surface area contributed by atoms with Gasteiger partial charge in [0, 0.05) is 0 Å². The first-order valence-electron chi connectivity index (χ1n) is 7.32. The lowest BCUT2D eigenvalue weighted by Gasteiger charge is -2.41. The van der Waals surface area contributed by atoms with Gasteiger partial charge in [-0.05, 0) is 5.54 Å². The maximum absolute atomic E-state index is 9.63. The van der Waals surface area contributed by atoms with E-state index in [4.69, 9.17) is 19.6 Å². The van der Waals surface area contributed by atoms with Crippen LogP contribution >= 0.6 is 15.6 Å². The van der Waals surface area contributed by atoms with Gasteiger partial charge in [-0.3, -0.25) is 0 Å². The Hall–Kier alpha value is 0.477. The van der Waals surface area contributed by atoms with Gasteiger partial charge in [0.1, 0.15) is 0 Å². The molecule has 0 spiro atoms. The second-order valence-electron chi connectivity index (χ2n) is 5.48. The fourth-order valence-electron chi connectivity index (χ4n) is 3.33. The van der Waals surface area contributed by atoms with E-state index in [0.717, 1.165) is 0 Å². The van der Waals surface area contributed by atoms with Crippen LogP contribution in [0.25, 0.3) is 0 Å². The highest BCUT2D eigenvalue weighted by molar-refractivity contribution is 7.60. The molecular formula is C11H28O7P2Si. The highest BCUT2D eigenvalue weighted by atomic mass is 31.3. The lowest BCUT2D eigenvalue weighted by atomic mass is 10.1. The molecule has 1 rings (SSSR count). The van der Waals surface area contributed by atoms with Crippen molar-refractivity contribution in [3.05, 3.63) is 0 Å². The van der Waals surface area contributed by atoms with E-state index < -0.39 is 23.7 Å². The molecule has 1 atom stereocenters. The predicted molar refractivity (Wildman–Crippen MR) is 84.6 cm³/mol. The Labute approximate surface area is 127 Å². The van der Waals surface area contributed by atoms with Gasteiger partial charge in [0.15, 0.2) is 0 Å². The van der Waals surface area contributed by atoms with E-state index >= 15 is 0 Å². The van der Waals surface area contributed by atoms with Crippen molar-refractivity contribution < 1.29 is 33.0 Å². The number of rotatable bonds is 5. The Morgan fingerprint density at radius 1 is 1.00 bits per heavy atom. The Kier molecular flexibility index (Phi) is 9.14. The molecule has 0 radical (unpaired) electrons. The van der Waals surface area contributed by atoms with E-state index in [9.17, 15) is 9.13 Å². The van der Waals surface area contributed by atoms with Gasteiger partial charge < -0.3 is 19.6 Å². The molecule has 0 aliphatic carbocycles. The Morgan fingerprint density at radius 2 is 1.48 bits per heavy atom. The van der Waals surface area contributed by atoms with Crippen molar-refractivity contribution in [1.29, 1.82) is 0 Å². The van der Waals surface area contributed by atoms with Crippen LogP contribution in [0, 0.1) is 0 Å². The standard InChI is InChI=1S/C11H24Si.H4O7P2/c1-4-11-9-7-8-10-12(11,5-2)6-3;1-8(2,3)7-9(4,5)6/h11H,4-10H2,1-3H3;(H2,1,2,3)(H2,4,5,6). The van der Waals surface area contributed by atoms with Crippen LogP contribution in [-0.4, -0.2) is 27.6 Å². The molecule has 10 heteroatoms. The van der Waals surface area contributed by atoms with E-state index in [2.05, 4.69) is 25.1 Å². The molecule has 0 aromatic heterocycles. The van der Waals surface area contributed by atoms with Gasteiger partial charge >= 0.3 is 15.6 Å². The zero-order valence-electron chi connectivity index (χ0n) is 12.9. The minimum Gasteiger partial charge on any atom is -0.302 e. The summed E-state index contributed by atoms with van der Waals surface area (Å²) in [5.41, 5.74) is 1.17. The van der Waals surface area contributed by atoms with Crippen LogP contribution in [0.3, 0.4) is 0 Å². The van der Waals surface area contributed by atoms with Gasteiger partial charge in [-0.2, -0.15) is 4.31 Å². The molecular weight excluding hydrogens is 334 g/mol. The van der Waals surface area contributed by atoms with Crippen molar-refractivity contribution in [3.63, 3.8) is 0 Å². The lowest BCUT2D eigenvalue weighted by molar-refractivity contribution is 0.225. The Morgan fingerprint density at radius 3 is 1.71 bits per heavy atom. The molecule has 0 aromatic carbocycles. The van der Waals surface area contributed by atoms with Crippen molar-refractivity contribution in [2.45, 2.75) is 70.1 Å². The zero-order valence-corrected chi connectivity index (χ0v) is 15.7. The summed E-state index contributed by atoms with van der Waals surface area (Å²) in [6, 6.07) is 4.72. The van der Waals surface area contributed by atoms with Crippen molar-refractivity contribution in [2.24, 2.45) is 0 Å². The maximum atomic E-state index is 9.63. The maximum Gasteiger partial charge on any atom is 0.478 e. The third-order valence-corrected chi connectivity index (χ3v) is 12.8. The molecule has 1 fully saturated rings. The third kappa shape index (κ3) is 8.62. The molecule has 1 aliphatic heterocycles. The second-order valence-corrected chi connectivity index (χ2v) is 13.6. The van der Waals surface area contributed by atoms with Crippen LogP contribution in [0.2, 0.25) is 23.7 Å². The monoisotopic (exact) mass is 362 g/mol. The quantitative estimate of drug-likeness (QED) is 0.435. The van der Waals surface area contributed by atoms with E-state index in [1.807, 2.05) is 0 Å². The smallest absolute Gasteiger partial charge is 0.302 e. The van der Waals surface area contributed by atoms with Gasteiger partial charge in [0.25, 0.3) is 0 Å². The molecule has 4 N–H and O–H groups in total. The average Bonchev–Trinajstić information content (AvgIpc) is 2.35. The molecule has 128 valence electrons. The van der Waals surface area contributed by atoms with E-state index in [0.29, 0.717) is 0 Å². The number of phosphoric acid groups is 2. The summed E-state index contributed by atoms with van der Waals surface area (Å²) >= 11 is 0. The van der Waals surface area contributed by atoms with Crippen LogP contribution in [0.15, 0.2) is 0 Å². The number of hydrogen-bond acceptors (Lipinski definition) is 3. The van der Waals surface area contributed by atoms with E-state index in [1.54, 1.807) is 31.0 Å². The first-order chi connectivity index (χ1) is 9.49. The van der Waals surface area contributed by atoms with Gasteiger partial charge in [0.2, 0.25) is 0 Å². The summed E-state index contributed by atoms with van der Waals surface area (Å²) in [5, 5.41) is 0. The number of hydrogen-bond donors (Lipinski definition) is 4. The van der Waals surface area contributed by atoms with Gasteiger partial charge in [0.05, 0.1) is 8.07 Å². The van der Waals surface area contributed by atoms with Crippen LogP contribution < -0.4 is 0 Å². The summed E-state index contributed by atoms with van der Waals surface area (Å²) in [5.74, 6) is 0. The van der Waals surface area contributed by atoms with E-state index in [1.165, 1.54) is 18.4 Å². The van der Waals surface area contributed by atoms with Crippen LogP contribution in [-0.2, 0) is 13.4 Å². The van der Waals surface area contributed by atoms with Crippen molar-refractivity contribution >= 4 is 23.7 Å². The summed E-state index contributed by atoms with van der Waals surface area (Å²) in [6.45, 7) is 7.30. The highest BCUT2D eigenvalue weighted by Gasteiger charge is 2.38. The first-order valence-corrected chi connectivity index (χ1v) is 13.1. The van der Waals surface area contributed by atoms with Gasteiger partial charge in [-0.25, -0.2) is 9.13 Å². The summed E-state index contributed by atoms with van der Waals surface area (Å²) < 4.78 is 22.2. The molecule has 7 nitrogen and oxygen atoms in total. The highest BCUT2D eigenvalue weighted by Crippen LogP contribution is 2.53. The zero-order chi connectivity index (χ0) is 16.7.